The Morgan fingerprint density at radius 1 is 1.20 bits per heavy atom. The van der Waals surface area contributed by atoms with Crippen molar-refractivity contribution in [2.45, 2.75) is 37.6 Å². The predicted octanol–water partition coefficient (Wildman–Crippen LogP) is 3.16. The molecule has 30 heavy (non-hydrogen) atoms. The molecular weight excluding hydrogens is 382 g/mol. The largest absolute Gasteiger partial charge is 0.361 e. The van der Waals surface area contributed by atoms with E-state index in [0.29, 0.717) is 29.6 Å². The number of nitrogens with one attached hydrogen (secondary N) is 1. The van der Waals surface area contributed by atoms with Crippen LogP contribution < -0.4 is 0 Å². The second-order valence-corrected chi connectivity index (χ2v) is 8.14. The first kappa shape index (κ1) is 17.4. The fourth-order valence-electron chi connectivity index (χ4n) is 4.12. The number of H-pyrrole nitrogens is 1. The summed E-state index contributed by atoms with van der Waals surface area (Å²) in [7, 11) is 0. The van der Waals surface area contributed by atoms with E-state index in [1.807, 2.05) is 46.2 Å². The first-order valence-corrected chi connectivity index (χ1v) is 10.4. The number of likely N-dealkylation sites (tertiary alicyclic amines) is 1. The third kappa shape index (κ3) is 3.06. The first-order valence-electron chi connectivity index (χ1n) is 10.4. The second kappa shape index (κ2) is 6.79. The van der Waals surface area contributed by atoms with Crippen molar-refractivity contribution in [3.8, 4) is 11.6 Å². The van der Waals surface area contributed by atoms with Crippen LogP contribution in [-0.2, 0) is 0 Å². The highest BCUT2D eigenvalue weighted by Crippen LogP contribution is 2.38. The molecule has 0 bridgehead atoms. The van der Waals surface area contributed by atoms with Gasteiger partial charge < -0.3 is 14.4 Å². The van der Waals surface area contributed by atoms with Gasteiger partial charge in [-0.2, -0.15) is 4.98 Å². The van der Waals surface area contributed by atoms with Gasteiger partial charge >= 0.3 is 0 Å². The van der Waals surface area contributed by atoms with Gasteiger partial charge in [0.15, 0.2) is 11.5 Å². The standard InChI is InChI=1S/C21H21N7O2/c29-21(15-5-6-17-14(10-15)7-8-22-17)27-9-1-2-16(11-27)28-12-18(24-26-28)20-23-19(25-30-20)13-3-4-13/h5-8,10,12-13,16,22H,1-4,9,11H2/t16-/m0/s1. The van der Waals surface area contributed by atoms with Crippen LogP contribution >= 0.6 is 0 Å². The molecule has 1 aliphatic heterocycles. The maximum atomic E-state index is 13.1. The number of nitrogens with zero attached hydrogens (tertiary/aromatic N) is 6. The monoisotopic (exact) mass is 403 g/mol. The van der Waals surface area contributed by atoms with Crippen LogP contribution in [0.5, 0.6) is 0 Å². The molecule has 6 rings (SSSR count). The summed E-state index contributed by atoms with van der Waals surface area (Å²) < 4.78 is 7.18. The van der Waals surface area contributed by atoms with Crippen molar-refractivity contribution in [1.29, 1.82) is 0 Å². The molecule has 1 N–H and O–H groups in total. The molecule has 9 heteroatoms. The van der Waals surface area contributed by atoms with Gasteiger partial charge in [-0.05, 0) is 49.9 Å². The Labute approximate surface area is 172 Å². The summed E-state index contributed by atoms with van der Waals surface area (Å²) in [4.78, 5) is 22.6. The van der Waals surface area contributed by atoms with E-state index < -0.39 is 0 Å². The van der Waals surface area contributed by atoms with E-state index in [2.05, 4.69) is 25.4 Å². The number of amides is 1. The third-order valence-corrected chi connectivity index (χ3v) is 5.97. The van der Waals surface area contributed by atoms with Crippen molar-refractivity contribution in [3.63, 3.8) is 0 Å². The number of aromatic nitrogens is 6. The fourth-order valence-corrected chi connectivity index (χ4v) is 4.12. The van der Waals surface area contributed by atoms with E-state index in [-0.39, 0.29) is 11.9 Å². The third-order valence-electron chi connectivity index (χ3n) is 5.97. The topological polar surface area (TPSA) is 106 Å². The van der Waals surface area contributed by atoms with Crippen LogP contribution in [0.1, 0.15) is 53.8 Å². The molecule has 1 saturated heterocycles. The minimum atomic E-state index is 0.0501. The van der Waals surface area contributed by atoms with Gasteiger partial charge in [0.25, 0.3) is 11.8 Å². The Bertz CT molecular complexity index is 1220. The van der Waals surface area contributed by atoms with Crippen molar-refractivity contribution in [1.82, 2.24) is 35.0 Å². The maximum Gasteiger partial charge on any atom is 0.280 e. The summed E-state index contributed by atoms with van der Waals surface area (Å²) in [5, 5.41) is 13.6. The van der Waals surface area contributed by atoms with Crippen LogP contribution in [0.3, 0.4) is 0 Å². The van der Waals surface area contributed by atoms with Crippen LogP contribution in [0, 0.1) is 0 Å². The number of hydrogen-bond donors (Lipinski definition) is 1. The lowest BCUT2D eigenvalue weighted by Gasteiger charge is -2.32. The highest BCUT2D eigenvalue weighted by Gasteiger charge is 2.30. The molecule has 0 spiro atoms. The van der Waals surface area contributed by atoms with Crippen molar-refractivity contribution >= 4 is 16.8 Å². The zero-order chi connectivity index (χ0) is 20.1. The summed E-state index contributed by atoms with van der Waals surface area (Å²) in [5.41, 5.74) is 2.32. The minimum absolute atomic E-state index is 0.0501. The lowest BCUT2D eigenvalue weighted by Crippen LogP contribution is -2.40. The Kier molecular flexibility index (Phi) is 3.93. The van der Waals surface area contributed by atoms with E-state index in [9.17, 15) is 4.79 Å². The van der Waals surface area contributed by atoms with Crippen molar-refractivity contribution in [2.75, 3.05) is 13.1 Å². The van der Waals surface area contributed by atoms with Gasteiger partial charge in [-0.15, -0.1) is 5.10 Å². The van der Waals surface area contributed by atoms with Gasteiger partial charge in [-0.3, -0.25) is 4.79 Å². The molecule has 3 aromatic heterocycles. The van der Waals surface area contributed by atoms with Gasteiger partial charge in [0.2, 0.25) is 0 Å². The lowest BCUT2D eigenvalue weighted by molar-refractivity contribution is 0.0672. The first-order chi connectivity index (χ1) is 14.7. The number of hydrogen-bond acceptors (Lipinski definition) is 6. The summed E-state index contributed by atoms with van der Waals surface area (Å²) >= 11 is 0. The molecule has 4 heterocycles. The fraction of sp³-hybridized carbons (Fsp3) is 0.381. The molecule has 2 fully saturated rings. The Balaban J connectivity index is 1.19. The summed E-state index contributed by atoms with van der Waals surface area (Å²) in [6.07, 6.45) is 7.83. The SMILES string of the molecule is O=C(c1ccc2[nH]ccc2c1)N1CCC[C@H](n2cc(-c3nc(C4CC4)no3)nn2)C1. The molecule has 1 saturated carbocycles. The molecule has 152 valence electrons. The lowest BCUT2D eigenvalue weighted by atomic mass is 10.0. The molecule has 1 amide bonds. The second-order valence-electron chi connectivity index (χ2n) is 8.14. The Morgan fingerprint density at radius 2 is 2.13 bits per heavy atom. The van der Waals surface area contributed by atoms with E-state index in [1.54, 1.807) is 0 Å². The summed E-state index contributed by atoms with van der Waals surface area (Å²) in [5.74, 6) is 1.65. The number of fused-ring (bicyclic) bond motifs is 1. The number of carbonyl (C=O) groups is 1. The number of benzene rings is 1. The van der Waals surface area contributed by atoms with Crippen LogP contribution in [0.15, 0.2) is 41.2 Å². The van der Waals surface area contributed by atoms with Crippen LogP contribution in [0.25, 0.3) is 22.5 Å². The molecule has 1 atom stereocenters. The average molecular weight is 403 g/mol. The molecule has 0 radical (unpaired) electrons. The zero-order valence-electron chi connectivity index (χ0n) is 16.4. The molecule has 2 aliphatic rings. The van der Waals surface area contributed by atoms with E-state index >= 15 is 0 Å². The van der Waals surface area contributed by atoms with Gasteiger partial charge in [0, 0.05) is 41.7 Å². The quantitative estimate of drug-likeness (QED) is 0.561. The van der Waals surface area contributed by atoms with Gasteiger partial charge in [-0.1, -0.05) is 10.4 Å². The maximum absolute atomic E-state index is 13.1. The van der Waals surface area contributed by atoms with Crippen molar-refractivity contribution in [2.24, 2.45) is 0 Å². The molecule has 0 unspecified atom stereocenters. The highest BCUT2D eigenvalue weighted by molar-refractivity contribution is 5.98. The van der Waals surface area contributed by atoms with Gasteiger partial charge in [0.1, 0.15) is 0 Å². The number of piperidine rings is 1. The minimum Gasteiger partial charge on any atom is -0.361 e. The van der Waals surface area contributed by atoms with Crippen LogP contribution in [0.2, 0.25) is 0 Å². The molecule has 4 aromatic rings. The van der Waals surface area contributed by atoms with E-state index in [1.165, 1.54) is 0 Å². The smallest absolute Gasteiger partial charge is 0.280 e. The van der Waals surface area contributed by atoms with Crippen molar-refractivity contribution in [3.05, 3.63) is 48.0 Å². The number of rotatable bonds is 4. The van der Waals surface area contributed by atoms with E-state index in [4.69, 9.17) is 4.52 Å². The normalized spacial score (nSPS) is 19.5. The molecule has 1 aliphatic carbocycles. The van der Waals surface area contributed by atoms with Crippen LogP contribution in [0.4, 0.5) is 0 Å². The van der Waals surface area contributed by atoms with Crippen molar-refractivity contribution < 1.29 is 9.32 Å². The van der Waals surface area contributed by atoms with Gasteiger partial charge in [0.05, 0.1) is 12.2 Å². The van der Waals surface area contributed by atoms with Gasteiger partial charge in [-0.25, -0.2) is 4.68 Å². The van der Waals surface area contributed by atoms with E-state index in [0.717, 1.165) is 49.0 Å². The highest BCUT2D eigenvalue weighted by atomic mass is 16.5. The Hall–Kier alpha value is -3.49. The number of carbonyl (C=O) groups excluding carboxylic acids is 1. The predicted molar refractivity (Wildman–Crippen MR) is 108 cm³/mol. The zero-order valence-corrected chi connectivity index (χ0v) is 16.4. The average Bonchev–Trinajstić information content (AvgIpc) is 3.19. The van der Waals surface area contributed by atoms with Crippen LogP contribution in [-0.4, -0.2) is 54.0 Å². The molecule has 1 aromatic carbocycles. The summed E-state index contributed by atoms with van der Waals surface area (Å²) in [6.45, 7) is 1.35. The summed E-state index contributed by atoms with van der Waals surface area (Å²) in [6, 6.07) is 7.83. The molecule has 9 nitrogen and oxygen atoms in total. The molecular formula is C21H21N7O2. The Morgan fingerprint density at radius 3 is 3.03 bits per heavy atom. The number of aromatic amines is 1.